The van der Waals surface area contributed by atoms with Crippen molar-refractivity contribution in [2.24, 2.45) is 5.92 Å². The first-order valence-corrected chi connectivity index (χ1v) is 12.9. The first-order chi connectivity index (χ1) is 16.5. The van der Waals surface area contributed by atoms with Gasteiger partial charge in [-0.2, -0.15) is 5.10 Å². The number of nitrogens with zero attached hydrogens (tertiary/aromatic N) is 4. The normalized spacial score (nSPS) is 19.3. The van der Waals surface area contributed by atoms with Gasteiger partial charge < -0.3 is 10.2 Å². The summed E-state index contributed by atoms with van der Waals surface area (Å²) < 4.78 is 1.95. The average molecular weight is 460 g/mol. The lowest BCUT2D eigenvalue weighted by atomic mass is 10.0. The number of rotatable bonds is 7. The van der Waals surface area contributed by atoms with Crippen molar-refractivity contribution in [2.75, 3.05) is 19.6 Å². The van der Waals surface area contributed by atoms with Crippen molar-refractivity contribution >= 4 is 11.6 Å². The van der Waals surface area contributed by atoms with E-state index in [9.17, 15) is 4.79 Å². The molecular weight excluding hydrogens is 422 g/mol. The van der Waals surface area contributed by atoms with Crippen molar-refractivity contribution in [1.82, 2.24) is 24.8 Å². The third kappa shape index (κ3) is 4.61. The van der Waals surface area contributed by atoms with Crippen molar-refractivity contribution in [3.05, 3.63) is 53.0 Å². The van der Waals surface area contributed by atoms with Crippen LogP contribution in [0, 0.1) is 26.7 Å². The Hall–Kier alpha value is -2.73. The number of carbonyl (C=O) groups is 1. The number of carbonyl (C=O) groups excluding carboxylic acids is 1. The Balaban J connectivity index is 1.21. The molecule has 1 saturated heterocycles. The fraction of sp³-hybridized carbons (Fsp3) is 0.536. The van der Waals surface area contributed by atoms with Crippen LogP contribution in [0.2, 0.25) is 0 Å². The zero-order valence-electron chi connectivity index (χ0n) is 20.8. The van der Waals surface area contributed by atoms with Gasteiger partial charge in [-0.15, -0.1) is 0 Å². The highest BCUT2D eigenvalue weighted by molar-refractivity contribution is 5.80. The van der Waals surface area contributed by atoms with Crippen molar-refractivity contribution in [3.63, 3.8) is 0 Å². The van der Waals surface area contributed by atoms with Crippen LogP contribution in [-0.2, 0) is 11.2 Å². The van der Waals surface area contributed by atoms with Gasteiger partial charge in [-0.25, -0.2) is 9.50 Å². The quantitative estimate of drug-likeness (QED) is 0.559. The van der Waals surface area contributed by atoms with Gasteiger partial charge >= 0.3 is 0 Å². The Kier molecular flexibility index (Phi) is 6.68. The molecule has 1 aromatic carbocycles. The highest BCUT2D eigenvalue weighted by atomic mass is 16.1. The smallest absolute Gasteiger partial charge is 0.220 e. The number of aromatic nitrogens is 3. The van der Waals surface area contributed by atoms with Gasteiger partial charge in [0.15, 0.2) is 5.65 Å². The molecule has 34 heavy (non-hydrogen) atoms. The van der Waals surface area contributed by atoms with Crippen LogP contribution < -0.4 is 5.32 Å². The molecule has 1 amide bonds. The molecule has 1 aliphatic heterocycles. The lowest BCUT2D eigenvalue weighted by molar-refractivity contribution is -0.121. The number of hydrogen-bond donors (Lipinski definition) is 1. The number of aryl methyl sites for hydroxylation is 3. The van der Waals surface area contributed by atoms with Crippen LogP contribution in [0.3, 0.4) is 0 Å². The highest BCUT2D eigenvalue weighted by Crippen LogP contribution is 2.30. The Morgan fingerprint density at radius 2 is 1.82 bits per heavy atom. The van der Waals surface area contributed by atoms with E-state index in [-0.39, 0.29) is 5.91 Å². The van der Waals surface area contributed by atoms with Gasteiger partial charge in [0.1, 0.15) is 0 Å². The summed E-state index contributed by atoms with van der Waals surface area (Å²) >= 11 is 0. The van der Waals surface area contributed by atoms with Crippen LogP contribution in [0.4, 0.5) is 0 Å². The third-order valence-electron chi connectivity index (χ3n) is 7.91. The molecule has 3 aromatic rings. The van der Waals surface area contributed by atoms with Gasteiger partial charge in [0, 0.05) is 42.5 Å². The van der Waals surface area contributed by atoms with E-state index in [1.807, 2.05) is 36.6 Å². The fourth-order valence-electron chi connectivity index (χ4n) is 5.99. The number of nitrogens with one attached hydrogen (secondary N) is 1. The highest BCUT2D eigenvalue weighted by Gasteiger charge is 2.30. The predicted octanol–water partition coefficient (Wildman–Crippen LogP) is 4.63. The first-order valence-electron chi connectivity index (χ1n) is 12.9. The molecule has 3 heterocycles. The molecule has 0 bridgehead atoms. The van der Waals surface area contributed by atoms with Crippen LogP contribution in [-0.4, -0.2) is 51.1 Å². The van der Waals surface area contributed by atoms with Crippen molar-refractivity contribution < 1.29 is 4.79 Å². The minimum Gasteiger partial charge on any atom is -0.356 e. The third-order valence-corrected chi connectivity index (χ3v) is 7.91. The van der Waals surface area contributed by atoms with Gasteiger partial charge in [-0.1, -0.05) is 43.2 Å². The number of benzene rings is 1. The zero-order chi connectivity index (χ0) is 23.7. The van der Waals surface area contributed by atoms with Crippen LogP contribution >= 0.6 is 0 Å². The van der Waals surface area contributed by atoms with E-state index in [0.29, 0.717) is 18.8 Å². The van der Waals surface area contributed by atoms with E-state index in [4.69, 9.17) is 10.1 Å². The summed E-state index contributed by atoms with van der Waals surface area (Å²) in [5.74, 6) is 0.731. The van der Waals surface area contributed by atoms with Crippen LogP contribution in [0.1, 0.15) is 61.2 Å². The Morgan fingerprint density at radius 1 is 1.06 bits per heavy atom. The van der Waals surface area contributed by atoms with Gasteiger partial charge in [0.05, 0.1) is 5.69 Å². The molecule has 0 spiro atoms. The van der Waals surface area contributed by atoms with E-state index < -0.39 is 0 Å². The van der Waals surface area contributed by atoms with Gasteiger partial charge in [0.25, 0.3) is 0 Å². The summed E-state index contributed by atoms with van der Waals surface area (Å²) in [6.07, 6.45) is 7.86. The van der Waals surface area contributed by atoms with E-state index in [2.05, 4.69) is 29.3 Å². The number of fused-ring (bicyclic) bond motifs is 1. The van der Waals surface area contributed by atoms with E-state index >= 15 is 0 Å². The summed E-state index contributed by atoms with van der Waals surface area (Å²) in [4.78, 5) is 20.3. The number of hydrogen-bond acceptors (Lipinski definition) is 4. The van der Waals surface area contributed by atoms with E-state index in [1.165, 1.54) is 38.6 Å². The van der Waals surface area contributed by atoms with Crippen molar-refractivity contribution in [2.45, 2.75) is 71.8 Å². The Labute approximate surface area is 202 Å². The topological polar surface area (TPSA) is 62.5 Å². The SMILES string of the molecule is Cc1nc2c(-c3ccccc3)c(C)nn2c(C)c1CCC(=O)NC[C@H]1CCN(C2CCCC2)C1. The summed E-state index contributed by atoms with van der Waals surface area (Å²) in [6.45, 7) is 9.32. The second-order valence-corrected chi connectivity index (χ2v) is 10.2. The van der Waals surface area contributed by atoms with E-state index in [0.717, 1.165) is 58.6 Å². The molecule has 1 aliphatic carbocycles. The Morgan fingerprint density at radius 3 is 2.59 bits per heavy atom. The number of likely N-dealkylation sites (tertiary alicyclic amines) is 1. The molecule has 2 aliphatic rings. The largest absolute Gasteiger partial charge is 0.356 e. The molecule has 1 N–H and O–H groups in total. The summed E-state index contributed by atoms with van der Waals surface area (Å²) in [6, 6.07) is 11.1. The molecule has 5 rings (SSSR count). The molecule has 0 unspecified atom stereocenters. The molecule has 6 heteroatoms. The molecule has 0 radical (unpaired) electrons. The zero-order valence-corrected chi connectivity index (χ0v) is 20.8. The second kappa shape index (κ2) is 9.87. The summed E-state index contributed by atoms with van der Waals surface area (Å²) in [7, 11) is 0. The van der Waals surface area contributed by atoms with Gasteiger partial charge in [-0.05, 0) is 70.0 Å². The second-order valence-electron chi connectivity index (χ2n) is 10.2. The minimum atomic E-state index is 0.139. The number of amides is 1. The van der Waals surface area contributed by atoms with Gasteiger partial charge in [-0.3, -0.25) is 4.79 Å². The van der Waals surface area contributed by atoms with Gasteiger partial charge in [0.2, 0.25) is 5.91 Å². The molecule has 2 fully saturated rings. The minimum absolute atomic E-state index is 0.139. The molecule has 1 saturated carbocycles. The standard InChI is InChI=1S/C28H37N5O/c1-19-25(13-14-26(34)29-17-22-15-16-32(18-22)24-11-7-8-12-24)21(3)33-28(30-19)27(20(2)31-33)23-9-5-4-6-10-23/h4-6,9-10,22,24H,7-8,11-18H2,1-3H3,(H,29,34)/t22-/m1/s1. The molecular formula is C28H37N5O. The maximum absolute atomic E-state index is 12.7. The lowest BCUT2D eigenvalue weighted by Crippen LogP contribution is -2.34. The summed E-state index contributed by atoms with van der Waals surface area (Å²) in [5, 5.41) is 8.00. The summed E-state index contributed by atoms with van der Waals surface area (Å²) in [5.41, 5.74) is 7.25. The maximum atomic E-state index is 12.7. The monoisotopic (exact) mass is 459 g/mol. The Bertz CT molecular complexity index is 1160. The first kappa shape index (κ1) is 23.0. The molecule has 2 aromatic heterocycles. The molecule has 1 atom stereocenters. The van der Waals surface area contributed by atoms with E-state index in [1.54, 1.807) is 0 Å². The predicted molar refractivity (Wildman–Crippen MR) is 136 cm³/mol. The van der Waals surface area contributed by atoms with Crippen LogP contribution in [0.25, 0.3) is 16.8 Å². The van der Waals surface area contributed by atoms with Crippen molar-refractivity contribution in [1.29, 1.82) is 0 Å². The molecule has 6 nitrogen and oxygen atoms in total. The van der Waals surface area contributed by atoms with Crippen LogP contribution in [0.5, 0.6) is 0 Å². The average Bonchev–Trinajstić information content (AvgIpc) is 3.58. The molecule has 180 valence electrons. The maximum Gasteiger partial charge on any atom is 0.220 e. The fourth-order valence-corrected chi connectivity index (χ4v) is 5.99. The van der Waals surface area contributed by atoms with Crippen LogP contribution in [0.15, 0.2) is 30.3 Å². The van der Waals surface area contributed by atoms with Crippen molar-refractivity contribution in [3.8, 4) is 11.1 Å². The lowest BCUT2D eigenvalue weighted by Gasteiger charge is -2.23.